The van der Waals surface area contributed by atoms with Gasteiger partial charge in [-0.2, -0.15) is 11.8 Å². The van der Waals surface area contributed by atoms with E-state index >= 15 is 0 Å². The summed E-state index contributed by atoms with van der Waals surface area (Å²) in [5.41, 5.74) is 5.61. The van der Waals surface area contributed by atoms with Gasteiger partial charge in [-0.05, 0) is 31.3 Å². The number of nitrogens with two attached hydrogens (primary N) is 1. The lowest BCUT2D eigenvalue weighted by Gasteiger charge is -2.04. The van der Waals surface area contributed by atoms with Gasteiger partial charge in [0.2, 0.25) is 0 Å². The SMILES string of the molecule is CCCN=C(N)NCCCCSC. The van der Waals surface area contributed by atoms with Gasteiger partial charge >= 0.3 is 0 Å². The van der Waals surface area contributed by atoms with Gasteiger partial charge in [-0.25, -0.2) is 0 Å². The summed E-state index contributed by atoms with van der Waals surface area (Å²) in [5.74, 6) is 1.82. The highest BCUT2D eigenvalue weighted by Crippen LogP contribution is 1.97. The van der Waals surface area contributed by atoms with Gasteiger partial charge in [0.15, 0.2) is 5.96 Å². The number of nitrogens with zero attached hydrogens (tertiary/aromatic N) is 1. The van der Waals surface area contributed by atoms with Crippen LogP contribution in [0.4, 0.5) is 0 Å². The average molecular weight is 203 g/mol. The Kier molecular flexibility index (Phi) is 9.42. The molecule has 0 atom stereocenters. The molecule has 0 fully saturated rings. The number of thioether (sulfide) groups is 1. The topological polar surface area (TPSA) is 50.4 Å². The minimum Gasteiger partial charge on any atom is -0.370 e. The largest absolute Gasteiger partial charge is 0.370 e. The van der Waals surface area contributed by atoms with Gasteiger partial charge < -0.3 is 11.1 Å². The van der Waals surface area contributed by atoms with Gasteiger partial charge in [-0.1, -0.05) is 6.92 Å². The zero-order valence-electron chi connectivity index (χ0n) is 8.68. The molecule has 78 valence electrons. The van der Waals surface area contributed by atoms with E-state index in [2.05, 4.69) is 23.5 Å². The number of hydrogen-bond acceptors (Lipinski definition) is 2. The second-order valence-electron chi connectivity index (χ2n) is 2.89. The van der Waals surface area contributed by atoms with Gasteiger partial charge in [0, 0.05) is 13.1 Å². The quantitative estimate of drug-likeness (QED) is 0.374. The second-order valence-corrected chi connectivity index (χ2v) is 3.88. The molecule has 0 bridgehead atoms. The number of rotatable bonds is 7. The normalized spacial score (nSPS) is 11.7. The monoisotopic (exact) mass is 203 g/mol. The van der Waals surface area contributed by atoms with E-state index in [1.54, 1.807) is 0 Å². The summed E-state index contributed by atoms with van der Waals surface area (Å²) in [6, 6.07) is 0. The fourth-order valence-electron chi connectivity index (χ4n) is 0.876. The van der Waals surface area contributed by atoms with Crippen molar-refractivity contribution in [2.24, 2.45) is 10.7 Å². The third-order valence-electron chi connectivity index (χ3n) is 1.59. The van der Waals surface area contributed by atoms with Crippen molar-refractivity contribution < 1.29 is 0 Å². The molecular formula is C9H21N3S. The molecule has 0 rings (SSSR count). The fourth-order valence-corrected chi connectivity index (χ4v) is 1.37. The highest BCUT2D eigenvalue weighted by atomic mass is 32.2. The highest BCUT2D eigenvalue weighted by Gasteiger charge is 1.90. The zero-order valence-corrected chi connectivity index (χ0v) is 9.49. The van der Waals surface area contributed by atoms with Crippen LogP contribution < -0.4 is 11.1 Å². The van der Waals surface area contributed by atoms with E-state index in [4.69, 9.17) is 5.73 Å². The molecule has 0 saturated carbocycles. The maximum absolute atomic E-state index is 5.61. The summed E-state index contributed by atoms with van der Waals surface area (Å²) in [5, 5.41) is 3.09. The van der Waals surface area contributed by atoms with Crippen LogP contribution in [0.2, 0.25) is 0 Å². The van der Waals surface area contributed by atoms with Crippen molar-refractivity contribution in [3.05, 3.63) is 0 Å². The predicted molar refractivity (Wildman–Crippen MR) is 62.4 cm³/mol. The molecule has 0 heterocycles. The van der Waals surface area contributed by atoms with E-state index in [0.29, 0.717) is 5.96 Å². The number of hydrogen-bond donors (Lipinski definition) is 2. The second kappa shape index (κ2) is 9.71. The molecule has 0 spiro atoms. The molecule has 0 aliphatic rings. The van der Waals surface area contributed by atoms with Crippen LogP contribution >= 0.6 is 11.8 Å². The Balaban J connectivity index is 3.21. The Morgan fingerprint density at radius 2 is 2.23 bits per heavy atom. The number of unbranched alkanes of at least 4 members (excludes halogenated alkanes) is 1. The molecule has 13 heavy (non-hydrogen) atoms. The molecule has 0 aromatic rings. The average Bonchev–Trinajstić information content (AvgIpc) is 2.14. The molecule has 0 amide bonds. The first-order valence-electron chi connectivity index (χ1n) is 4.84. The third kappa shape index (κ3) is 9.53. The summed E-state index contributed by atoms with van der Waals surface area (Å²) in [7, 11) is 0. The molecule has 0 unspecified atom stereocenters. The van der Waals surface area contributed by atoms with E-state index in [1.807, 2.05) is 11.8 Å². The van der Waals surface area contributed by atoms with Crippen molar-refractivity contribution >= 4 is 17.7 Å². The van der Waals surface area contributed by atoms with Crippen LogP contribution in [0.3, 0.4) is 0 Å². The first-order valence-corrected chi connectivity index (χ1v) is 6.23. The first-order chi connectivity index (χ1) is 6.31. The predicted octanol–water partition coefficient (Wildman–Crippen LogP) is 1.44. The van der Waals surface area contributed by atoms with E-state index < -0.39 is 0 Å². The van der Waals surface area contributed by atoms with Gasteiger partial charge in [0.1, 0.15) is 0 Å². The Morgan fingerprint density at radius 3 is 2.85 bits per heavy atom. The van der Waals surface area contributed by atoms with E-state index in [0.717, 1.165) is 19.5 Å². The van der Waals surface area contributed by atoms with Crippen molar-refractivity contribution in [3.8, 4) is 0 Å². The summed E-state index contributed by atoms with van der Waals surface area (Å²) in [4.78, 5) is 4.14. The fraction of sp³-hybridized carbons (Fsp3) is 0.889. The zero-order chi connectivity index (χ0) is 9.94. The third-order valence-corrected chi connectivity index (χ3v) is 2.28. The standard InChI is InChI=1S/C9H21N3S/c1-3-6-11-9(10)12-7-4-5-8-13-2/h3-8H2,1-2H3,(H3,10,11,12). The first kappa shape index (κ1) is 12.6. The number of aliphatic imine (C=N–C) groups is 1. The highest BCUT2D eigenvalue weighted by molar-refractivity contribution is 7.98. The molecule has 0 aromatic carbocycles. The van der Waals surface area contributed by atoms with Crippen molar-refractivity contribution in [1.29, 1.82) is 0 Å². The van der Waals surface area contributed by atoms with E-state index in [-0.39, 0.29) is 0 Å². The smallest absolute Gasteiger partial charge is 0.188 e. The molecule has 0 aromatic heterocycles. The van der Waals surface area contributed by atoms with Crippen LogP contribution in [0.25, 0.3) is 0 Å². The van der Waals surface area contributed by atoms with Crippen LogP contribution in [-0.2, 0) is 0 Å². The van der Waals surface area contributed by atoms with Crippen LogP contribution in [-0.4, -0.2) is 31.1 Å². The van der Waals surface area contributed by atoms with Crippen LogP contribution in [0.5, 0.6) is 0 Å². The van der Waals surface area contributed by atoms with Gasteiger partial charge in [-0.15, -0.1) is 0 Å². The van der Waals surface area contributed by atoms with E-state index in [9.17, 15) is 0 Å². The lowest BCUT2D eigenvalue weighted by atomic mass is 10.3. The minimum atomic E-state index is 0.589. The maximum atomic E-state index is 5.61. The van der Waals surface area contributed by atoms with Crippen molar-refractivity contribution in [1.82, 2.24) is 5.32 Å². The summed E-state index contributed by atoms with van der Waals surface area (Å²) in [6.45, 7) is 3.86. The Morgan fingerprint density at radius 1 is 1.46 bits per heavy atom. The van der Waals surface area contributed by atoms with Gasteiger partial charge in [0.05, 0.1) is 0 Å². The van der Waals surface area contributed by atoms with Crippen LogP contribution in [0.15, 0.2) is 4.99 Å². The van der Waals surface area contributed by atoms with Crippen LogP contribution in [0, 0.1) is 0 Å². The number of guanidine groups is 1. The van der Waals surface area contributed by atoms with E-state index in [1.165, 1.54) is 18.6 Å². The molecule has 0 saturated heterocycles. The van der Waals surface area contributed by atoms with Crippen LogP contribution in [0.1, 0.15) is 26.2 Å². The summed E-state index contributed by atoms with van der Waals surface area (Å²) >= 11 is 1.89. The molecule has 0 aliphatic carbocycles. The Hall–Kier alpha value is -0.380. The van der Waals surface area contributed by atoms with Crippen molar-refractivity contribution in [3.63, 3.8) is 0 Å². The summed E-state index contributed by atoms with van der Waals surface area (Å²) in [6.07, 6.45) is 5.60. The molecule has 4 heteroatoms. The van der Waals surface area contributed by atoms with Gasteiger partial charge in [-0.3, -0.25) is 4.99 Å². The molecule has 3 N–H and O–H groups in total. The molecule has 3 nitrogen and oxygen atoms in total. The van der Waals surface area contributed by atoms with Gasteiger partial charge in [0.25, 0.3) is 0 Å². The lowest BCUT2D eigenvalue weighted by Crippen LogP contribution is -2.32. The summed E-state index contributed by atoms with van der Waals surface area (Å²) < 4.78 is 0. The molecule has 0 aliphatic heterocycles. The molecular weight excluding hydrogens is 182 g/mol. The maximum Gasteiger partial charge on any atom is 0.188 e. The molecule has 0 radical (unpaired) electrons. The Labute approximate surface area is 85.6 Å². The minimum absolute atomic E-state index is 0.589. The van der Waals surface area contributed by atoms with Crippen molar-refractivity contribution in [2.45, 2.75) is 26.2 Å². The Bertz CT molecular complexity index is 137. The van der Waals surface area contributed by atoms with Crippen molar-refractivity contribution in [2.75, 3.05) is 25.1 Å². The lowest BCUT2D eigenvalue weighted by molar-refractivity contribution is 0.752. The number of nitrogens with one attached hydrogen (secondary N) is 1.